The number of carbonyl (C=O) groups excluding carboxylic acids is 3. The average Bonchev–Trinajstić information content (AvgIpc) is 3.21. The number of hydrogen-bond donors (Lipinski definition) is 0. The molecule has 25 heavy (non-hydrogen) atoms. The number of imide groups is 1. The number of amides is 2. The molecule has 2 bridgehead atoms. The van der Waals surface area contributed by atoms with Gasteiger partial charge >= 0.3 is 5.97 Å². The van der Waals surface area contributed by atoms with Gasteiger partial charge in [-0.15, -0.1) is 0 Å². The molecule has 1 aromatic carbocycles. The molecule has 1 heterocycles. The molecule has 1 saturated carbocycles. The molecule has 130 valence electrons. The van der Waals surface area contributed by atoms with Crippen LogP contribution >= 0.6 is 34.8 Å². The number of hydrogen-bond acceptors (Lipinski definition) is 4. The Morgan fingerprint density at radius 2 is 1.56 bits per heavy atom. The zero-order valence-corrected chi connectivity index (χ0v) is 15.0. The molecule has 0 spiro atoms. The molecular formula is C17H12Cl3NO4. The van der Waals surface area contributed by atoms with Gasteiger partial charge in [0, 0.05) is 5.02 Å². The summed E-state index contributed by atoms with van der Waals surface area (Å²) >= 11 is 17.8. The summed E-state index contributed by atoms with van der Waals surface area (Å²) in [6.45, 7) is -0.459. The normalized spacial score (nSPS) is 29.5. The minimum atomic E-state index is -0.784. The highest BCUT2D eigenvalue weighted by atomic mass is 35.5. The van der Waals surface area contributed by atoms with Crippen molar-refractivity contribution >= 4 is 52.6 Å². The maximum atomic E-state index is 12.5. The Labute approximate surface area is 158 Å². The first-order valence-electron chi connectivity index (χ1n) is 7.75. The van der Waals surface area contributed by atoms with Gasteiger partial charge in [-0.2, -0.15) is 0 Å². The Morgan fingerprint density at radius 1 is 1.04 bits per heavy atom. The third kappa shape index (κ3) is 2.65. The van der Waals surface area contributed by atoms with E-state index in [-0.39, 0.29) is 51.3 Å². The first kappa shape index (κ1) is 16.9. The Balaban J connectivity index is 1.49. The second-order valence-corrected chi connectivity index (χ2v) is 7.69. The summed E-state index contributed by atoms with van der Waals surface area (Å²) in [6, 6.07) is 2.77. The lowest BCUT2D eigenvalue weighted by Crippen LogP contribution is -2.38. The van der Waals surface area contributed by atoms with Crippen LogP contribution in [0.15, 0.2) is 24.3 Å². The van der Waals surface area contributed by atoms with Gasteiger partial charge in [0.15, 0.2) is 5.75 Å². The molecule has 1 aliphatic heterocycles. The molecule has 0 N–H and O–H groups in total. The van der Waals surface area contributed by atoms with Crippen LogP contribution < -0.4 is 4.74 Å². The summed E-state index contributed by atoms with van der Waals surface area (Å²) in [5.41, 5.74) is 0. The van der Waals surface area contributed by atoms with Crippen molar-refractivity contribution in [1.82, 2.24) is 4.90 Å². The van der Waals surface area contributed by atoms with Gasteiger partial charge in [-0.05, 0) is 30.4 Å². The van der Waals surface area contributed by atoms with E-state index in [9.17, 15) is 14.4 Å². The van der Waals surface area contributed by atoms with Gasteiger partial charge in [-0.1, -0.05) is 47.0 Å². The minimum absolute atomic E-state index is 0.0428. The quantitative estimate of drug-likeness (QED) is 0.338. The van der Waals surface area contributed by atoms with E-state index in [1.54, 1.807) is 0 Å². The van der Waals surface area contributed by atoms with Gasteiger partial charge < -0.3 is 4.74 Å². The lowest BCUT2D eigenvalue weighted by atomic mass is 9.85. The smallest absolute Gasteiger partial charge is 0.331 e. The van der Waals surface area contributed by atoms with Crippen LogP contribution in [-0.2, 0) is 14.4 Å². The van der Waals surface area contributed by atoms with Crippen molar-refractivity contribution in [2.75, 3.05) is 6.54 Å². The number of nitrogens with zero attached hydrogens (tertiary/aromatic N) is 1. The van der Waals surface area contributed by atoms with Crippen LogP contribution in [0.3, 0.4) is 0 Å². The fourth-order valence-electron chi connectivity index (χ4n) is 4.02. The average molecular weight is 401 g/mol. The molecule has 0 aromatic heterocycles. The SMILES string of the molecule is O=C(CN1C(=O)C2C3C=CC(C3)C2C1=O)Oc1c(Cl)cc(Cl)cc1Cl. The highest BCUT2D eigenvalue weighted by molar-refractivity contribution is 6.40. The molecule has 2 amide bonds. The van der Waals surface area contributed by atoms with Crippen molar-refractivity contribution < 1.29 is 19.1 Å². The van der Waals surface area contributed by atoms with Crippen LogP contribution in [0.25, 0.3) is 0 Å². The number of likely N-dealkylation sites (tertiary alicyclic amines) is 1. The third-order valence-corrected chi connectivity index (χ3v) is 5.81. The molecule has 1 saturated heterocycles. The topological polar surface area (TPSA) is 63.7 Å². The lowest BCUT2D eigenvalue weighted by molar-refractivity contribution is -0.148. The number of esters is 1. The molecule has 0 radical (unpaired) electrons. The maximum Gasteiger partial charge on any atom is 0.331 e. The number of carbonyl (C=O) groups is 3. The molecule has 4 unspecified atom stereocenters. The van der Waals surface area contributed by atoms with Gasteiger partial charge in [0.25, 0.3) is 0 Å². The van der Waals surface area contributed by atoms with E-state index in [0.29, 0.717) is 5.02 Å². The van der Waals surface area contributed by atoms with E-state index < -0.39 is 12.5 Å². The Bertz CT molecular complexity index is 784. The highest BCUT2D eigenvalue weighted by Crippen LogP contribution is 2.52. The van der Waals surface area contributed by atoms with E-state index in [0.717, 1.165) is 11.3 Å². The van der Waals surface area contributed by atoms with Crippen LogP contribution in [0.5, 0.6) is 5.75 Å². The van der Waals surface area contributed by atoms with E-state index in [2.05, 4.69) is 0 Å². The van der Waals surface area contributed by atoms with Gasteiger partial charge in [-0.3, -0.25) is 14.5 Å². The number of rotatable bonds is 3. The fraction of sp³-hybridized carbons (Fsp3) is 0.353. The zero-order valence-electron chi connectivity index (χ0n) is 12.7. The predicted octanol–water partition coefficient (Wildman–Crippen LogP) is 3.36. The van der Waals surface area contributed by atoms with E-state index in [4.69, 9.17) is 39.5 Å². The van der Waals surface area contributed by atoms with Crippen molar-refractivity contribution in [2.45, 2.75) is 6.42 Å². The van der Waals surface area contributed by atoms with Crippen molar-refractivity contribution in [3.8, 4) is 5.75 Å². The van der Waals surface area contributed by atoms with Crippen molar-refractivity contribution in [3.05, 3.63) is 39.4 Å². The fourth-order valence-corrected chi connectivity index (χ4v) is 4.92. The van der Waals surface area contributed by atoms with Crippen LogP contribution in [0.1, 0.15) is 6.42 Å². The summed E-state index contributed by atoms with van der Waals surface area (Å²) in [5, 5.41) is 0.448. The molecule has 4 rings (SSSR count). The third-order valence-electron chi connectivity index (χ3n) is 5.03. The molecule has 2 aliphatic carbocycles. The monoisotopic (exact) mass is 399 g/mol. The summed E-state index contributed by atoms with van der Waals surface area (Å²) in [7, 11) is 0. The number of allylic oxidation sites excluding steroid dienone is 2. The van der Waals surface area contributed by atoms with Gasteiger partial charge in [0.2, 0.25) is 11.8 Å². The van der Waals surface area contributed by atoms with E-state index in [1.807, 2.05) is 12.2 Å². The van der Waals surface area contributed by atoms with Crippen LogP contribution in [0.4, 0.5) is 0 Å². The van der Waals surface area contributed by atoms with Crippen molar-refractivity contribution in [2.24, 2.45) is 23.7 Å². The lowest BCUT2D eigenvalue weighted by Gasteiger charge is -2.16. The van der Waals surface area contributed by atoms with E-state index >= 15 is 0 Å². The largest absolute Gasteiger partial charge is 0.422 e. The van der Waals surface area contributed by atoms with E-state index in [1.165, 1.54) is 12.1 Å². The second-order valence-electron chi connectivity index (χ2n) is 6.44. The molecule has 3 aliphatic rings. The molecule has 1 aromatic rings. The molecule has 2 fully saturated rings. The highest BCUT2D eigenvalue weighted by Gasteiger charge is 2.59. The number of halogens is 3. The van der Waals surface area contributed by atoms with Crippen molar-refractivity contribution in [1.29, 1.82) is 0 Å². The second kappa shape index (κ2) is 6.01. The van der Waals surface area contributed by atoms with Gasteiger partial charge in [0.1, 0.15) is 6.54 Å². The van der Waals surface area contributed by atoms with Gasteiger partial charge in [0.05, 0.1) is 21.9 Å². The summed E-state index contributed by atoms with van der Waals surface area (Å²) in [5.74, 6) is -1.96. The summed E-state index contributed by atoms with van der Waals surface area (Å²) in [4.78, 5) is 38.3. The molecule has 4 atom stereocenters. The maximum absolute atomic E-state index is 12.5. The number of ether oxygens (including phenoxy) is 1. The molecular weight excluding hydrogens is 389 g/mol. The Kier molecular flexibility index (Phi) is 4.06. The summed E-state index contributed by atoms with van der Waals surface area (Å²) < 4.78 is 5.16. The first-order valence-corrected chi connectivity index (χ1v) is 8.89. The van der Waals surface area contributed by atoms with Crippen LogP contribution in [-0.4, -0.2) is 29.2 Å². The molecule has 8 heteroatoms. The Morgan fingerprint density at radius 3 is 2.08 bits per heavy atom. The number of fused-ring (bicyclic) bond motifs is 5. The van der Waals surface area contributed by atoms with Crippen LogP contribution in [0, 0.1) is 23.7 Å². The van der Waals surface area contributed by atoms with Crippen molar-refractivity contribution in [3.63, 3.8) is 0 Å². The first-order chi connectivity index (χ1) is 11.9. The standard InChI is InChI=1S/C17H12Cl3NO4/c18-9-4-10(19)15(11(20)5-9)25-12(22)6-21-16(23)13-7-1-2-8(3-7)14(13)17(21)24/h1-2,4-5,7-8,13-14H,3,6H2. The minimum Gasteiger partial charge on any atom is -0.422 e. The predicted molar refractivity (Wildman–Crippen MR) is 91.5 cm³/mol. The summed E-state index contributed by atoms with van der Waals surface area (Å²) in [6.07, 6.45) is 4.82. The molecule has 5 nitrogen and oxygen atoms in total. The van der Waals surface area contributed by atoms with Crippen LogP contribution in [0.2, 0.25) is 15.1 Å². The zero-order chi connectivity index (χ0) is 17.9. The number of benzene rings is 1. The van der Waals surface area contributed by atoms with Gasteiger partial charge in [-0.25, -0.2) is 4.79 Å². The Hall–Kier alpha value is -1.56.